The zero-order valence-electron chi connectivity index (χ0n) is 14.1. The van der Waals surface area contributed by atoms with Crippen LogP contribution in [0.1, 0.15) is 38.3 Å². The molecule has 0 spiro atoms. The van der Waals surface area contributed by atoms with Crippen LogP contribution in [0, 0.1) is 5.41 Å². The molecule has 0 aromatic heterocycles. The third kappa shape index (κ3) is 3.85. The van der Waals surface area contributed by atoms with Gasteiger partial charge in [0.25, 0.3) is 0 Å². The van der Waals surface area contributed by atoms with Crippen molar-refractivity contribution >= 4 is 0 Å². The van der Waals surface area contributed by atoms with Crippen LogP contribution >= 0.6 is 0 Å². The van der Waals surface area contributed by atoms with Gasteiger partial charge in [0, 0.05) is 31.2 Å². The van der Waals surface area contributed by atoms with Gasteiger partial charge in [0.05, 0.1) is 6.10 Å². The summed E-state index contributed by atoms with van der Waals surface area (Å²) in [6.07, 6.45) is 1.52. The Kier molecular flexibility index (Phi) is 5.42. The van der Waals surface area contributed by atoms with Gasteiger partial charge in [-0.2, -0.15) is 0 Å². The van der Waals surface area contributed by atoms with E-state index in [0.29, 0.717) is 12.1 Å². The van der Waals surface area contributed by atoms with Gasteiger partial charge in [0.15, 0.2) is 0 Å². The molecule has 3 heteroatoms. The molecule has 118 valence electrons. The predicted octanol–water partition coefficient (Wildman–Crippen LogP) is 3.04. The molecule has 0 radical (unpaired) electrons. The van der Waals surface area contributed by atoms with Crippen LogP contribution in [0.15, 0.2) is 24.3 Å². The van der Waals surface area contributed by atoms with Crippen LogP contribution in [0.3, 0.4) is 0 Å². The summed E-state index contributed by atoms with van der Waals surface area (Å²) in [5, 5.41) is 3.73. The zero-order valence-corrected chi connectivity index (χ0v) is 14.1. The Balaban J connectivity index is 1.92. The van der Waals surface area contributed by atoms with Gasteiger partial charge in [0.1, 0.15) is 0 Å². The first-order chi connectivity index (χ1) is 9.95. The molecule has 1 N–H and O–H groups in total. The number of nitrogens with zero attached hydrogens (tertiary/aromatic N) is 1. The molecular weight excluding hydrogens is 260 g/mol. The highest BCUT2D eigenvalue weighted by Gasteiger charge is 2.48. The maximum Gasteiger partial charge on any atom is 0.0655 e. The molecule has 2 unspecified atom stereocenters. The summed E-state index contributed by atoms with van der Waals surface area (Å²) in [4.78, 5) is 2.22. The summed E-state index contributed by atoms with van der Waals surface area (Å²) < 4.78 is 5.81. The van der Waals surface area contributed by atoms with E-state index in [2.05, 4.69) is 69.3 Å². The predicted molar refractivity (Wildman–Crippen MR) is 88.3 cm³/mol. The van der Waals surface area contributed by atoms with E-state index in [4.69, 9.17) is 4.74 Å². The van der Waals surface area contributed by atoms with Gasteiger partial charge in [-0.3, -0.25) is 0 Å². The highest BCUT2D eigenvalue weighted by Crippen LogP contribution is 2.42. The second kappa shape index (κ2) is 6.91. The molecule has 0 saturated heterocycles. The van der Waals surface area contributed by atoms with Crippen LogP contribution in [0.2, 0.25) is 0 Å². The first-order valence-electron chi connectivity index (χ1n) is 8.01. The first kappa shape index (κ1) is 16.5. The topological polar surface area (TPSA) is 24.5 Å². The number of benzene rings is 1. The van der Waals surface area contributed by atoms with Crippen molar-refractivity contribution in [3.63, 3.8) is 0 Å². The van der Waals surface area contributed by atoms with E-state index in [1.807, 2.05) is 0 Å². The van der Waals surface area contributed by atoms with Gasteiger partial charge in [-0.15, -0.1) is 0 Å². The third-order valence-electron chi connectivity index (χ3n) is 4.69. The fourth-order valence-corrected chi connectivity index (χ4v) is 3.17. The molecule has 3 nitrogen and oxygen atoms in total. The summed E-state index contributed by atoms with van der Waals surface area (Å²) >= 11 is 0. The SMILES string of the molecule is CCOC1CC(NCc2ccccc2CN(C)C)C1(C)C. The van der Waals surface area contributed by atoms with Gasteiger partial charge in [0.2, 0.25) is 0 Å². The monoisotopic (exact) mass is 290 g/mol. The Morgan fingerprint density at radius 2 is 1.90 bits per heavy atom. The first-order valence-corrected chi connectivity index (χ1v) is 8.01. The average Bonchev–Trinajstić information content (AvgIpc) is 2.43. The van der Waals surface area contributed by atoms with Crippen molar-refractivity contribution in [1.82, 2.24) is 10.2 Å². The van der Waals surface area contributed by atoms with Crippen LogP contribution in [0.5, 0.6) is 0 Å². The molecule has 0 heterocycles. The van der Waals surface area contributed by atoms with E-state index in [0.717, 1.165) is 26.1 Å². The average molecular weight is 290 g/mol. The molecule has 21 heavy (non-hydrogen) atoms. The van der Waals surface area contributed by atoms with Gasteiger partial charge in [-0.05, 0) is 38.6 Å². The quantitative estimate of drug-likeness (QED) is 0.835. The number of ether oxygens (including phenoxy) is 1. The van der Waals surface area contributed by atoms with Crippen molar-refractivity contribution in [2.45, 2.75) is 52.4 Å². The van der Waals surface area contributed by atoms with E-state index < -0.39 is 0 Å². The van der Waals surface area contributed by atoms with E-state index >= 15 is 0 Å². The lowest BCUT2D eigenvalue weighted by Crippen LogP contribution is -2.60. The van der Waals surface area contributed by atoms with Crippen LogP contribution in [-0.2, 0) is 17.8 Å². The normalized spacial score (nSPS) is 24.1. The van der Waals surface area contributed by atoms with E-state index in [9.17, 15) is 0 Å². The van der Waals surface area contributed by atoms with Crippen molar-refractivity contribution in [1.29, 1.82) is 0 Å². The third-order valence-corrected chi connectivity index (χ3v) is 4.69. The Labute approximate surface area is 129 Å². The molecule has 0 aliphatic heterocycles. The molecule has 2 rings (SSSR count). The second-order valence-corrected chi connectivity index (χ2v) is 6.94. The maximum atomic E-state index is 5.81. The Morgan fingerprint density at radius 1 is 1.24 bits per heavy atom. The van der Waals surface area contributed by atoms with Crippen molar-refractivity contribution in [2.24, 2.45) is 5.41 Å². The minimum Gasteiger partial charge on any atom is -0.378 e. The van der Waals surface area contributed by atoms with Gasteiger partial charge in [-0.25, -0.2) is 0 Å². The summed E-state index contributed by atoms with van der Waals surface area (Å²) in [6, 6.07) is 9.26. The number of nitrogens with one attached hydrogen (secondary N) is 1. The summed E-state index contributed by atoms with van der Waals surface area (Å²) in [5.74, 6) is 0. The Hall–Kier alpha value is -0.900. The minimum atomic E-state index is 0.229. The lowest BCUT2D eigenvalue weighted by molar-refractivity contribution is -0.114. The second-order valence-electron chi connectivity index (χ2n) is 6.94. The fourth-order valence-electron chi connectivity index (χ4n) is 3.17. The molecular formula is C18H30N2O. The van der Waals surface area contributed by atoms with Gasteiger partial charge in [-0.1, -0.05) is 38.1 Å². The lowest BCUT2D eigenvalue weighted by Gasteiger charge is -2.52. The van der Waals surface area contributed by atoms with Crippen LogP contribution in [0.25, 0.3) is 0 Å². The van der Waals surface area contributed by atoms with Crippen LogP contribution < -0.4 is 5.32 Å². The molecule has 1 fully saturated rings. The van der Waals surface area contributed by atoms with E-state index in [1.54, 1.807) is 0 Å². The molecule has 1 aromatic rings. The summed E-state index contributed by atoms with van der Waals surface area (Å²) in [6.45, 7) is 9.44. The summed E-state index contributed by atoms with van der Waals surface area (Å²) in [7, 11) is 4.23. The standard InChI is InChI=1S/C18H30N2O/c1-6-21-17-11-16(18(17,2)3)19-12-14-9-7-8-10-15(14)13-20(4)5/h7-10,16-17,19H,6,11-13H2,1-5H3. The van der Waals surface area contributed by atoms with Crippen molar-refractivity contribution < 1.29 is 4.74 Å². The minimum absolute atomic E-state index is 0.229. The molecule has 2 atom stereocenters. The number of rotatable bonds is 7. The molecule has 1 aliphatic rings. The largest absolute Gasteiger partial charge is 0.378 e. The number of hydrogen-bond donors (Lipinski definition) is 1. The van der Waals surface area contributed by atoms with E-state index in [-0.39, 0.29) is 5.41 Å². The van der Waals surface area contributed by atoms with Crippen LogP contribution in [-0.4, -0.2) is 37.7 Å². The highest BCUT2D eigenvalue weighted by atomic mass is 16.5. The van der Waals surface area contributed by atoms with Crippen molar-refractivity contribution in [3.8, 4) is 0 Å². The summed E-state index contributed by atoms with van der Waals surface area (Å²) in [5.41, 5.74) is 3.04. The van der Waals surface area contributed by atoms with Gasteiger partial charge >= 0.3 is 0 Å². The van der Waals surface area contributed by atoms with E-state index in [1.165, 1.54) is 11.1 Å². The lowest BCUT2D eigenvalue weighted by atomic mass is 9.64. The molecule has 0 amide bonds. The van der Waals surface area contributed by atoms with Crippen molar-refractivity contribution in [2.75, 3.05) is 20.7 Å². The Bertz CT molecular complexity index is 456. The van der Waals surface area contributed by atoms with Crippen molar-refractivity contribution in [3.05, 3.63) is 35.4 Å². The molecule has 1 aliphatic carbocycles. The highest BCUT2D eigenvalue weighted by molar-refractivity contribution is 5.27. The maximum absolute atomic E-state index is 5.81. The zero-order chi connectivity index (χ0) is 15.5. The molecule has 0 bridgehead atoms. The molecule has 1 aromatic carbocycles. The molecule has 1 saturated carbocycles. The smallest absolute Gasteiger partial charge is 0.0655 e. The fraction of sp³-hybridized carbons (Fsp3) is 0.667. The van der Waals surface area contributed by atoms with Gasteiger partial charge < -0.3 is 15.0 Å². The van der Waals surface area contributed by atoms with Crippen LogP contribution in [0.4, 0.5) is 0 Å². The number of hydrogen-bond acceptors (Lipinski definition) is 3. The Morgan fingerprint density at radius 3 is 2.48 bits per heavy atom.